The average Bonchev–Trinajstić information content (AvgIpc) is 3.50. The first-order valence-electron chi connectivity index (χ1n) is 13.5. The molecule has 0 aliphatic carbocycles. The van der Waals surface area contributed by atoms with Crippen LogP contribution in [0.4, 0.5) is 0 Å². The van der Waals surface area contributed by atoms with Gasteiger partial charge in [0.15, 0.2) is 0 Å². The van der Waals surface area contributed by atoms with Crippen molar-refractivity contribution in [3.05, 3.63) is 145 Å². The minimum atomic E-state index is -0.716. The third kappa shape index (κ3) is 5.67. The molecule has 0 unspecified atom stereocenters. The van der Waals surface area contributed by atoms with Crippen molar-refractivity contribution in [2.75, 3.05) is 13.1 Å². The number of nitrogens with zero attached hydrogens (tertiary/aromatic N) is 1. The fourth-order valence-corrected chi connectivity index (χ4v) is 10.7. The lowest BCUT2D eigenvalue weighted by atomic mass is 10.2. The molecule has 1 aliphatic heterocycles. The van der Waals surface area contributed by atoms with Crippen LogP contribution in [-0.4, -0.2) is 18.0 Å². The summed E-state index contributed by atoms with van der Waals surface area (Å²) in [6.45, 7) is 3.46. The Hall–Kier alpha value is -3.08. The molecule has 0 spiro atoms. The Kier molecular flexibility index (Phi) is 8.09. The van der Waals surface area contributed by atoms with Crippen LogP contribution in [0.25, 0.3) is 0 Å². The number of hydrogen-bond donors (Lipinski definition) is 0. The van der Waals surface area contributed by atoms with Crippen LogP contribution in [0.15, 0.2) is 140 Å². The zero-order valence-electron chi connectivity index (χ0n) is 21.7. The molecule has 6 rings (SSSR count). The molecular formula is C35H33NP2. The molecule has 0 N–H and O–H groups in total. The molecule has 1 nitrogen and oxygen atoms in total. The van der Waals surface area contributed by atoms with E-state index in [1.807, 2.05) is 0 Å². The molecule has 1 aliphatic rings. The predicted octanol–water partition coefficient (Wildman–Crippen LogP) is 5.80. The van der Waals surface area contributed by atoms with Crippen molar-refractivity contribution in [1.29, 1.82) is 0 Å². The van der Waals surface area contributed by atoms with Gasteiger partial charge in [0.2, 0.25) is 0 Å². The van der Waals surface area contributed by atoms with Gasteiger partial charge in [-0.25, -0.2) is 0 Å². The van der Waals surface area contributed by atoms with Crippen LogP contribution in [-0.2, 0) is 6.54 Å². The van der Waals surface area contributed by atoms with Crippen LogP contribution in [0, 0.1) is 0 Å². The molecule has 38 heavy (non-hydrogen) atoms. The first kappa shape index (κ1) is 25.2. The summed E-state index contributed by atoms with van der Waals surface area (Å²) in [6, 6.07) is 52.0. The van der Waals surface area contributed by atoms with Crippen molar-refractivity contribution in [1.82, 2.24) is 4.90 Å². The maximum Gasteiger partial charge on any atom is 0.0233 e. The van der Waals surface area contributed by atoms with Crippen molar-refractivity contribution < 1.29 is 0 Å². The lowest BCUT2D eigenvalue weighted by Gasteiger charge is -2.28. The first-order valence-corrected chi connectivity index (χ1v) is 16.2. The third-order valence-electron chi connectivity index (χ3n) is 7.18. The Morgan fingerprint density at radius 1 is 0.447 bits per heavy atom. The van der Waals surface area contributed by atoms with E-state index in [-0.39, 0.29) is 0 Å². The second-order valence-corrected chi connectivity index (χ2v) is 14.2. The molecular weight excluding hydrogens is 496 g/mol. The fraction of sp³-hybridized carbons (Fsp3) is 0.143. The minimum absolute atomic E-state index is 0.705. The summed E-state index contributed by atoms with van der Waals surface area (Å²) in [6.07, 6.45) is 2.64. The van der Waals surface area contributed by atoms with E-state index in [1.165, 1.54) is 63.3 Å². The summed E-state index contributed by atoms with van der Waals surface area (Å²) in [5, 5.41) is 8.58. The van der Waals surface area contributed by atoms with Gasteiger partial charge in [0, 0.05) is 6.54 Å². The highest BCUT2D eigenvalue weighted by Gasteiger charge is 2.26. The summed E-state index contributed by atoms with van der Waals surface area (Å²) < 4.78 is 0. The summed E-state index contributed by atoms with van der Waals surface area (Å²) in [5.74, 6) is 0. The monoisotopic (exact) mass is 529 g/mol. The molecule has 0 atom stereocenters. The zero-order valence-corrected chi connectivity index (χ0v) is 23.4. The quantitative estimate of drug-likeness (QED) is 0.230. The summed E-state index contributed by atoms with van der Waals surface area (Å²) >= 11 is 0. The second-order valence-electron chi connectivity index (χ2n) is 9.82. The topological polar surface area (TPSA) is 3.24 Å². The molecule has 1 heterocycles. The molecule has 1 saturated heterocycles. The maximum atomic E-state index is 2.61. The highest BCUT2D eigenvalue weighted by Crippen LogP contribution is 2.39. The van der Waals surface area contributed by atoms with Gasteiger partial charge in [-0.1, -0.05) is 133 Å². The highest BCUT2D eigenvalue weighted by atomic mass is 31.1. The summed E-state index contributed by atoms with van der Waals surface area (Å²) in [7, 11) is -1.42. The zero-order chi connectivity index (χ0) is 25.6. The minimum Gasteiger partial charge on any atom is -0.299 e. The van der Waals surface area contributed by atoms with Crippen molar-refractivity contribution in [2.45, 2.75) is 19.4 Å². The smallest absolute Gasteiger partial charge is 0.0233 e. The van der Waals surface area contributed by atoms with E-state index >= 15 is 0 Å². The second kappa shape index (κ2) is 12.2. The Balaban J connectivity index is 1.57. The van der Waals surface area contributed by atoms with Gasteiger partial charge < -0.3 is 0 Å². The van der Waals surface area contributed by atoms with Crippen molar-refractivity contribution in [3.8, 4) is 0 Å². The Labute approximate surface area is 229 Å². The van der Waals surface area contributed by atoms with E-state index in [4.69, 9.17) is 0 Å². The van der Waals surface area contributed by atoms with E-state index in [2.05, 4.69) is 144 Å². The summed E-state index contributed by atoms with van der Waals surface area (Å²) in [4.78, 5) is 2.61. The third-order valence-corrected chi connectivity index (χ3v) is 12.3. The lowest BCUT2D eigenvalue weighted by Crippen LogP contribution is -2.35. The van der Waals surface area contributed by atoms with E-state index in [0.717, 1.165) is 6.54 Å². The standard InChI is InChI=1S/C35H33NP2/c1-5-15-30(16-6-1)37(31-17-7-2-8-18-31)34-24-23-29(28-36-25-13-14-26-36)27-35(34)38(32-19-9-3-10-20-32)33-21-11-4-12-22-33/h1-12,15-24,27H,13-14,25-26,28H2. The van der Waals surface area contributed by atoms with Crippen molar-refractivity contribution in [2.24, 2.45) is 0 Å². The number of hydrogen-bond acceptors (Lipinski definition) is 1. The van der Waals surface area contributed by atoms with Crippen molar-refractivity contribution in [3.63, 3.8) is 0 Å². The number of rotatable bonds is 8. The normalized spacial score (nSPS) is 13.8. The highest BCUT2D eigenvalue weighted by molar-refractivity contribution is 7.85. The Morgan fingerprint density at radius 2 is 0.842 bits per heavy atom. The van der Waals surface area contributed by atoms with Crippen LogP contribution in [0.5, 0.6) is 0 Å². The van der Waals surface area contributed by atoms with Crippen LogP contribution >= 0.6 is 15.8 Å². The molecule has 0 radical (unpaired) electrons. The number of benzene rings is 5. The first-order chi connectivity index (χ1) is 18.9. The number of likely N-dealkylation sites (tertiary alicyclic amines) is 1. The lowest BCUT2D eigenvalue weighted by molar-refractivity contribution is 0.331. The van der Waals surface area contributed by atoms with Gasteiger partial charge in [-0.2, -0.15) is 0 Å². The summed E-state index contributed by atoms with van der Waals surface area (Å²) in [5.41, 5.74) is 1.43. The average molecular weight is 530 g/mol. The van der Waals surface area contributed by atoms with Crippen molar-refractivity contribution >= 4 is 47.7 Å². The van der Waals surface area contributed by atoms with Crippen LogP contribution < -0.4 is 31.8 Å². The van der Waals surface area contributed by atoms with E-state index in [1.54, 1.807) is 0 Å². The molecule has 0 bridgehead atoms. The molecule has 0 amide bonds. The van der Waals surface area contributed by atoms with Crippen LogP contribution in [0.1, 0.15) is 18.4 Å². The van der Waals surface area contributed by atoms with Gasteiger partial charge in [-0.05, 0) is 85.2 Å². The largest absolute Gasteiger partial charge is 0.299 e. The van der Waals surface area contributed by atoms with E-state index in [0.29, 0.717) is 0 Å². The SMILES string of the molecule is c1ccc(P(c2ccccc2)c2ccc(CN3CCCC3)cc2P(c2ccccc2)c2ccccc2)cc1. The van der Waals surface area contributed by atoms with Gasteiger partial charge in [0.1, 0.15) is 0 Å². The Morgan fingerprint density at radius 3 is 1.26 bits per heavy atom. The molecule has 0 saturated carbocycles. The van der Waals surface area contributed by atoms with E-state index in [9.17, 15) is 0 Å². The van der Waals surface area contributed by atoms with Crippen LogP contribution in [0.2, 0.25) is 0 Å². The fourth-order valence-electron chi connectivity index (χ4n) is 5.40. The Bertz CT molecular complexity index is 1350. The molecule has 5 aromatic rings. The molecule has 188 valence electrons. The van der Waals surface area contributed by atoms with Gasteiger partial charge in [0.05, 0.1) is 0 Å². The van der Waals surface area contributed by atoms with Crippen LogP contribution in [0.3, 0.4) is 0 Å². The van der Waals surface area contributed by atoms with Gasteiger partial charge in [0.25, 0.3) is 0 Å². The molecule has 5 aromatic carbocycles. The predicted molar refractivity (Wildman–Crippen MR) is 168 cm³/mol. The molecule has 3 heteroatoms. The maximum absolute atomic E-state index is 2.61. The van der Waals surface area contributed by atoms with E-state index < -0.39 is 15.8 Å². The molecule has 0 aromatic heterocycles. The van der Waals surface area contributed by atoms with Gasteiger partial charge >= 0.3 is 0 Å². The van der Waals surface area contributed by atoms with Gasteiger partial charge in [-0.3, -0.25) is 4.90 Å². The van der Waals surface area contributed by atoms with Gasteiger partial charge in [-0.15, -0.1) is 0 Å². The molecule has 1 fully saturated rings.